The molecule has 0 radical (unpaired) electrons. The van der Waals surface area contributed by atoms with Crippen LogP contribution in [0.15, 0.2) is 84.9 Å². The van der Waals surface area contributed by atoms with Crippen molar-refractivity contribution in [3.05, 3.63) is 107 Å². The van der Waals surface area contributed by atoms with Crippen LogP contribution in [0, 0.1) is 6.92 Å². The Morgan fingerprint density at radius 2 is 1.37 bits per heavy atom. The normalized spacial score (nSPS) is 21.9. The fraction of sp³-hybridized carbons (Fsp3) is 0.362. The molecule has 0 saturated heterocycles. The largest absolute Gasteiger partial charge is 0.335 e. The van der Waals surface area contributed by atoms with Gasteiger partial charge in [-0.05, 0) is 118 Å². The molecule has 1 saturated carbocycles. The van der Waals surface area contributed by atoms with Crippen molar-refractivity contribution in [3.8, 4) is 0 Å². The summed E-state index contributed by atoms with van der Waals surface area (Å²) in [7, 11) is 0. The number of anilines is 5. The second-order valence-corrected chi connectivity index (χ2v) is 19.7. The second kappa shape index (κ2) is 10.1. The van der Waals surface area contributed by atoms with Crippen molar-refractivity contribution >= 4 is 83.0 Å². The highest BCUT2D eigenvalue weighted by Gasteiger charge is 2.61. The Morgan fingerprint density at radius 1 is 0.667 bits per heavy atom. The van der Waals surface area contributed by atoms with E-state index in [1.165, 1.54) is 107 Å². The van der Waals surface area contributed by atoms with E-state index in [-0.39, 0.29) is 28.5 Å². The van der Waals surface area contributed by atoms with Crippen LogP contribution < -0.4 is 26.2 Å². The monoisotopic (exact) mass is 684 g/mol. The van der Waals surface area contributed by atoms with Crippen LogP contribution in [0.5, 0.6) is 0 Å². The highest BCUT2D eigenvalue weighted by atomic mass is 32.1. The van der Waals surface area contributed by atoms with Gasteiger partial charge in [0, 0.05) is 48.6 Å². The average molecular weight is 685 g/mol. The van der Waals surface area contributed by atoms with E-state index in [1.54, 1.807) is 5.56 Å². The molecule has 5 aromatic carbocycles. The van der Waals surface area contributed by atoms with Crippen molar-refractivity contribution in [1.29, 1.82) is 0 Å². The van der Waals surface area contributed by atoms with E-state index in [4.69, 9.17) is 0 Å². The minimum atomic E-state index is 0.0123. The Morgan fingerprint density at radius 3 is 2.12 bits per heavy atom. The van der Waals surface area contributed by atoms with Gasteiger partial charge < -0.3 is 9.80 Å². The van der Waals surface area contributed by atoms with Gasteiger partial charge in [-0.3, -0.25) is 0 Å². The number of thiophene rings is 1. The highest BCUT2D eigenvalue weighted by Crippen LogP contribution is 2.62. The van der Waals surface area contributed by atoms with E-state index in [0.717, 1.165) is 0 Å². The predicted molar refractivity (Wildman–Crippen MR) is 224 cm³/mol. The molecular formula is C47H49BN2S. The summed E-state index contributed by atoms with van der Waals surface area (Å²) in [5.41, 5.74) is 17.2. The molecule has 2 unspecified atom stereocenters. The molecule has 0 amide bonds. The summed E-state index contributed by atoms with van der Waals surface area (Å²) in [4.78, 5) is 5.49. The molecule has 4 aliphatic rings. The summed E-state index contributed by atoms with van der Waals surface area (Å²) < 4.78 is 2.72. The maximum atomic E-state index is 2.87. The molecule has 0 bridgehead atoms. The number of nitrogens with zero attached hydrogens (tertiary/aromatic N) is 2. The molecule has 1 aromatic heterocycles. The molecule has 6 aromatic rings. The van der Waals surface area contributed by atoms with Crippen LogP contribution in [0.2, 0.25) is 0 Å². The van der Waals surface area contributed by atoms with E-state index in [9.17, 15) is 0 Å². The smallest absolute Gasteiger partial charge is 0.252 e. The maximum absolute atomic E-state index is 2.87. The summed E-state index contributed by atoms with van der Waals surface area (Å²) in [5, 5.41) is 2.75. The van der Waals surface area contributed by atoms with E-state index in [0.29, 0.717) is 0 Å². The summed E-state index contributed by atoms with van der Waals surface area (Å²) in [6.45, 7) is 21.8. The molecule has 4 heteroatoms. The van der Waals surface area contributed by atoms with E-state index < -0.39 is 0 Å². The molecular weight excluding hydrogens is 635 g/mol. The molecule has 1 fully saturated rings. The van der Waals surface area contributed by atoms with Gasteiger partial charge in [0.15, 0.2) is 0 Å². The first-order chi connectivity index (χ1) is 24.2. The quantitative estimate of drug-likeness (QED) is 0.159. The molecule has 2 atom stereocenters. The van der Waals surface area contributed by atoms with Crippen molar-refractivity contribution in [3.63, 3.8) is 0 Å². The lowest BCUT2D eigenvalue weighted by Crippen LogP contribution is -2.64. The number of hydrogen-bond acceptors (Lipinski definition) is 3. The molecule has 4 heterocycles. The topological polar surface area (TPSA) is 6.48 Å². The van der Waals surface area contributed by atoms with E-state index in [2.05, 4.69) is 157 Å². The Kier molecular flexibility index (Phi) is 6.28. The minimum Gasteiger partial charge on any atom is -0.335 e. The molecule has 1 aliphatic carbocycles. The van der Waals surface area contributed by atoms with Crippen molar-refractivity contribution in [2.45, 2.75) is 110 Å². The summed E-state index contributed by atoms with van der Waals surface area (Å²) >= 11 is 1.93. The third-order valence-electron chi connectivity index (χ3n) is 13.5. The number of hydrogen-bond donors (Lipinski definition) is 0. The highest BCUT2D eigenvalue weighted by molar-refractivity contribution is 7.26. The van der Waals surface area contributed by atoms with Crippen molar-refractivity contribution < 1.29 is 0 Å². The van der Waals surface area contributed by atoms with Crippen LogP contribution in [0.4, 0.5) is 28.4 Å². The van der Waals surface area contributed by atoms with Gasteiger partial charge in [-0.25, -0.2) is 0 Å². The van der Waals surface area contributed by atoms with Crippen LogP contribution >= 0.6 is 11.3 Å². The fourth-order valence-corrected chi connectivity index (χ4v) is 11.6. The standard InChI is InChI=1S/C47H49BN2S/c1-28-22-38-42-39(23-28)50-43-34(46(8)20-12-13-21-47(46,50)9)24-30(45(5,6)7)25-36(43)48(42)35-26-33-32-14-10-11-15-40(32)51-41(33)27-37(35)49(38)31-18-16-29(17-19-31)44(2,3)4/h10-11,14-19,22-27H,12-13,20-21H2,1-9H3. The molecule has 0 N–H and O–H groups in total. The Bertz CT molecular complexity index is 2460. The molecule has 256 valence electrons. The summed E-state index contributed by atoms with van der Waals surface area (Å²) in [6.07, 6.45) is 5.04. The van der Waals surface area contributed by atoms with E-state index >= 15 is 0 Å². The van der Waals surface area contributed by atoms with Crippen LogP contribution in [0.1, 0.15) is 103 Å². The zero-order valence-electron chi connectivity index (χ0n) is 31.8. The Hall–Kier alpha value is -4.02. The van der Waals surface area contributed by atoms with E-state index in [1.807, 2.05) is 11.3 Å². The maximum Gasteiger partial charge on any atom is 0.252 e. The molecule has 2 nitrogen and oxygen atoms in total. The lowest BCUT2D eigenvalue weighted by atomic mass is 9.33. The number of aryl methyl sites for hydroxylation is 1. The van der Waals surface area contributed by atoms with Crippen molar-refractivity contribution in [2.24, 2.45) is 0 Å². The van der Waals surface area contributed by atoms with Gasteiger partial charge in [0.05, 0.1) is 5.54 Å². The van der Waals surface area contributed by atoms with Crippen LogP contribution in [0.25, 0.3) is 20.2 Å². The van der Waals surface area contributed by atoms with Crippen LogP contribution in [-0.4, -0.2) is 12.3 Å². The fourth-order valence-electron chi connectivity index (χ4n) is 10.5. The second-order valence-electron chi connectivity index (χ2n) is 18.6. The molecule has 51 heavy (non-hydrogen) atoms. The van der Waals surface area contributed by atoms with Crippen molar-refractivity contribution in [2.75, 3.05) is 9.80 Å². The van der Waals surface area contributed by atoms with Gasteiger partial charge in [-0.15, -0.1) is 11.3 Å². The number of fused-ring (bicyclic) bond motifs is 10. The van der Waals surface area contributed by atoms with Crippen LogP contribution in [0.3, 0.4) is 0 Å². The first-order valence-electron chi connectivity index (χ1n) is 19.2. The van der Waals surface area contributed by atoms with Gasteiger partial charge >= 0.3 is 0 Å². The van der Waals surface area contributed by atoms with Gasteiger partial charge in [0.1, 0.15) is 0 Å². The lowest BCUT2D eigenvalue weighted by Gasteiger charge is -2.52. The minimum absolute atomic E-state index is 0.0123. The van der Waals surface area contributed by atoms with Gasteiger partial charge in [-0.2, -0.15) is 0 Å². The summed E-state index contributed by atoms with van der Waals surface area (Å²) in [5.74, 6) is 0. The molecule has 3 aliphatic heterocycles. The Labute approximate surface area is 308 Å². The average Bonchev–Trinajstić information content (AvgIpc) is 3.54. The third kappa shape index (κ3) is 4.12. The summed E-state index contributed by atoms with van der Waals surface area (Å²) in [6, 6.07) is 33.8. The van der Waals surface area contributed by atoms with Gasteiger partial charge in [0.2, 0.25) is 0 Å². The van der Waals surface area contributed by atoms with Crippen LogP contribution in [-0.2, 0) is 16.2 Å². The predicted octanol–water partition coefficient (Wildman–Crippen LogP) is 11.3. The third-order valence-corrected chi connectivity index (χ3v) is 14.7. The first-order valence-corrected chi connectivity index (χ1v) is 20.0. The number of rotatable bonds is 1. The zero-order chi connectivity index (χ0) is 35.4. The van der Waals surface area contributed by atoms with Crippen molar-refractivity contribution in [1.82, 2.24) is 0 Å². The molecule has 10 rings (SSSR count). The Balaban J connectivity index is 1.35. The lowest BCUT2D eigenvalue weighted by molar-refractivity contribution is 0.195. The van der Waals surface area contributed by atoms with Gasteiger partial charge in [-0.1, -0.05) is 110 Å². The zero-order valence-corrected chi connectivity index (χ0v) is 32.6. The molecule has 0 spiro atoms. The number of benzene rings is 5. The first kappa shape index (κ1) is 31.7. The SMILES string of the molecule is Cc1cc2c3c(c1)N1c4c(cc(C(C)(C)C)cc4C4(C)CCCCC14C)B3c1cc3c(cc1N2c1ccc(C(C)(C)C)cc1)sc1ccccc13. The van der Waals surface area contributed by atoms with Gasteiger partial charge in [0.25, 0.3) is 6.71 Å².